The van der Waals surface area contributed by atoms with Crippen LogP contribution in [-0.4, -0.2) is 40.3 Å². The molecule has 1 saturated heterocycles. The van der Waals surface area contributed by atoms with Gasteiger partial charge < -0.3 is 14.6 Å². The zero-order chi connectivity index (χ0) is 21.9. The number of hydrogen-bond acceptors (Lipinski definition) is 2. The number of hydrogen-bond donors (Lipinski definition) is 1. The maximum Gasteiger partial charge on any atom is 0.0845 e. The smallest absolute Gasteiger partial charge is 0.0845 e. The Balaban J connectivity index is 1.66. The fourth-order valence-corrected chi connectivity index (χ4v) is 5.16. The van der Waals surface area contributed by atoms with Gasteiger partial charge in [-0.3, -0.25) is 0 Å². The van der Waals surface area contributed by atoms with Gasteiger partial charge in [0.2, 0.25) is 0 Å². The van der Waals surface area contributed by atoms with Crippen molar-refractivity contribution in [3.05, 3.63) is 84.4 Å². The van der Waals surface area contributed by atoms with Crippen molar-refractivity contribution in [3.63, 3.8) is 0 Å². The molecule has 3 nitrogen and oxygen atoms in total. The monoisotopic (exact) mass is 424 g/mol. The SMILES string of the molecule is Cc1ccc2c(c1)c(-c1ccccc1)c(-c1ccccc1)n2C[C@@H](O)CN1CCCCC1. The van der Waals surface area contributed by atoms with E-state index in [2.05, 4.69) is 95.3 Å². The highest BCUT2D eigenvalue weighted by Gasteiger charge is 2.23. The van der Waals surface area contributed by atoms with Crippen molar-refractivity contribution in [1.29, 1.82) is 0 Å². The molecule has 164 valence electrons. The summed E-state index contributed by atoms with van der Waals surface area (Å²) in [5.74, 6) is 0. The van der Waals surface area contributed by atoms with Crippen LogP contribution in [0.5, 0.6) is 0 Å². The summed E-state index contributed by atoms with van der Waals surface area (Å²) in [6, 6.07) is 28.0. The average molecular weight is 425 g/mol. The molecule has 0 radical (unpaired) electrons. The first-order valence-corrected chi connectivity index (χ1v) is 11.8. The van der Waals surface area contributed by atoms with Crippen LogP contribution in [0.4, 0.5) is 0 Å². The Bertz CT molecular complexity index is 1170. The summed E-state index contributed by atoms with van der Waals surface area (Å²) in [5.41, 5.74) is 7.28. The van der Waals surface area contributed by atoms with Crippen molar-refractivity contribution in [3.8, 4) is 22.4 Å². The Morgan fingerprint density at radius 3 is 2.12 bits per heavy atom. The normalized spacial score (nSPS) is 15.8. The van der Waals surface area contributed by atoms with E-state index in [1.807, 2.05) is 0 Å². The molecule has 1 aliphatic heterocycles. The van der Waals surface area contributed by atoms with Crippen LogP contribution in [0, 0.1) is 6.92 Å². The van der Waals surface area contributed by atoms with E-state index in [1.165, 1.54) is 58.1 Å². The predicted molar refractivity (Wildman–Crippen MR) is 134 cm³/mol. The molecular formula is C29H32N2O. The van der Waals surface area contributed by atoms with Crippen molar-refractivity contribution >= 4 is 10.9 Å². The van der Waals surface area contributed by atoms with Gasteiger partial charge in [-0.15, -0.1) is 0 Å². The Kier molecular flexibility index (Phi) is 6.11. The topological polar surface area (TPSA) is 28.4 Å². The molecule has 3 heteroatoms. The molecule has 0 aliphatic carbocycles. The van der Waals surface area contributed by atoms with Crippen molar-refractivity contribution < 1.29 is 5.11 Å². The van der Waals surface area contributed by atoms with Crippen LogP contribution in [0.1, 0.15) is 24.8 Å². The van der Waals surface area contributed by atoms with E-state index in [0.717, 1.165) is 19.6 Å². The summed E-state index contributed by atoms with van der Waals surface area (Å²) in [6.45, 7) is 5.68. The van der Waals surface area contributed by atoms with Gasteiger partial charge in [0.15, 0.2) is 0 Å². The number of likely N-dealkylation sites (tertiary alicyclic amines) is 1. The Labute approximate surface area is 190 Å². The summed E-state index contributed by atoms with van der Waals surface area (Å²) in [6.07, 6.45) is 3.39. The summed E-state index contributed by atoms with van der Waals surface area (Å²) in [5, 5.41) is 12.4. The van der Waals surface area contributed by atoms with Gasteiger partial charge >= 0.3 is 0 Å². The molecule has 5 rings (SSSR count). The van der Waals surface area contributed by atoms with Crippen LogP contribution in [0.2, 0.25) is 0 Å². The third-order valence-electron chi connectivity index (χ3n) is 6.64. The number of aromatic nitrogens is 1. The van der Waals surface area contributed by atoms with Gasteiger partial charge in [0, 0.05) is 23.0 Å². The first kappa shape index (κ1) is 21.0. The molecule has 0 unspecified atom stereocenters. The van der Waals surface area contributed by atoms with Crippen LogP contribution in [0.3, 0.4) is 0 Å². The second kappa shape index (κ2) is 9.32. The summed E-state index contributed by atoms with van der Waals surface area (Å²) < 4.78 is 2.35. The zero-order valence-corrected chi connectivity index (χ0v) is 18.9. The molecule has 1 N–H and O–H groups in total. The average Bonchev–Trinajstić information content (AvgIpc) is 3.13. The molecule has 1 aliphatic rings. The lowest BCUT2D eigenvalue weighted by Crippen LogP contribution is -2.38. The molecule has 1 fully saturated rings. The van der Waals surface area contributed by atoms with Crippen LogP contribution >= 0.6 is 0 Å². The van der Waals surface area contributed by atoms with Gasteiger partial charge in [-0.2, -0.15) is 0 Å². The van der Waals surface area contributed by atoms with Crippen molar-refractivity contribution in [2.24, 2.45) is 0 Å². The minimum Gasteiger partial charge on any atom is -0.390 e. The van der Waals surface area contributed by atoms with Crippen molar-refractivity contribution in [1.82, 2.24) is 9.47 Å². The number of β-amino-alcohol motifs (C(OH)–C–C–N with tert-alkyl or cyclic N) is 1. The summed E-state index contributed by atoms with van der Waals surface area (Å²) in [4.78, 5) is 2.42. The maximum absolute atomic E-state index is 11.2. The largest absolute Gasteiger partial charge is 0.390 e. The van der Waals surface area contributed by atoms with E-state index in [1.54, 1.807) is 0 Å². The van der Waals surface area contributed by atoms with Gasteiger partial charge in [0.25, 0.3) is 0 Å². The minimum absolute atomic E-state index is 0.406. The minimum atomic E-state index is -0.406. The number of aryl methyl sites for hydroxylation is 1. The Hall–Kier alpha value is -2.88. The fourth-order valence-electron chi connectivity index (χ4n) is 5.16. The number of rotatable bonds is 6. The number of aliphatic hydroxyl groups is 1. The first-order chi connectivity index (χ1) is 15.7. The third kappa shape index (κ3) is 4.23. The molecule has 1 aromatic heterocycles. The number of benzene rings is 3. The van der Waals surface area contributed by atoms with Crippen molar-refractivity contribution in [2.75, 3.05) is 19.6 Å². The molecule has 2 heterocycles. The highest BCUT2D eigenvalue weighted by molar-refractivity contribution is 6.04. The van der Waals surface area contributed by atoms with E-state index < -0.39 is 6.10 Å². The lowest BCUT2D eigenvalue weighted by atomic mass is 9.97. The van der Waals surface area contributed by atoms with Crippen LogP contribution in [0.25, 0.3) is 33.3 Å². The molecule has 0 saturated carbocycles. The van der Waals surface area contributed by atoms with E-state index in [0.29, 0.717) is 6.54 Å². The summed E-state index contributed by atoms with van der Waals surface area (Å²) in [7, 11) is 0. The van der Waals surface area contributed by atoms with Gasteiger partial charge in [-0.25, -0.2) is 0 Å². The zero-order valence-electron chi connectivity index (χ0n) is 18.9. The van der Waals surface area contributed by atoms with E-state index in [4.69, 9.17) is 0 Å². The lowest BCUT2D eigenvalue weighted by molar-refractivity contribution is 0.0896. The molecule has 32 heavy (non-hydrogen) atoms. The molecule has 3 aromatic carbocycles. The maximum atomic E-state index is 11.2. The molecule has 0 bridgehead atoms. The molecule has 4 aromatic rings. The highest BCUT2D eigenvalue weighted by atomic mass is 16.3. The Morgan fingerprint density at radius 1 is 0.781 bits per heavy atom. The molecule has 0 spiro atoms. The second-order valence-electron chi connectivity index (χ2n) is 9.10. The van der Waals surface area contributed by atoms with Gasteiger partial charge in [0.1, 0.15) is 0 Å². The van der Waals surface area contributed by atoms with Gasteiger partial charge in [-0.05, 0) is 56.1 Å². The molecule has 0 amide bonds. The van der Waals surface area contributed by atoms with Gasteiger partial charge in [-0.1, -0.05) is 78.7 Å². The van der Waals surface area contributed by atoms with Crippen molar-refractivity contribution in [2.45, 2.75) is 38.8 Å². The Morgan fingerprint density at radius 2 is 1.44 bits per heavy atom. The standard InChI is InChI=1S/C29H32N2O/c1-22-15-16-27-26(19-22)28(23-11-5-2-6-12-23)29(24-13-7-3-8-14-24)31(27)21-25(32)20-30-17-9-4-10-18-30/h2-3,5-8,11-16,19,25,32H,4,9-10,17-18,20-21H2,1H3/t25-/m0/s1. The first-order valence-electron chi connectivity index (χ1n) is 11.8. The van der Waals surface area contributed by atoms with Crippen LogP contribution < -0.4 is 0 Å². The van der Waals surface area contributed by atoms with E-state index in [9.17, 15) is 5.11 Å². The number of aliphatic hydroxyl groups excluding tert-OH is 1. The number of piperidine rings is 1. The fraction of sp³-hybridized carbons (Fsp3) is 0.310. The van der Waals surface area contributed by atoms with Crippen LogP contribution in [0.15, 0.2) is 78.9 Å². The van der Waals surface area contributed by atoms with Gasteiger partial charge in [0.05, 0.1) is 18.3 Å². The molecular weight excluding hydrogens is 392 g/mol. The third-order valence-corrected chi connectivity index (χ3v) is 6.64. The van der Waals surface area contributed by atoms with E-state index >= 15 is 0 Å². The van der Waals surface area contributed by atoms with E-state index in [-0.39, 0.29) is 0 Å². The second-order valence-corrected chi connectivity index (χ2v) is 9.10. The summed E-state index contributed by atoms with van der Waals surface area (Å²) >= 11 is 0. The highest BCUT2D eigenvalue weighted by Crippen LogP contribution is 2.41. The lowest BCUT2D eigenvalue weighted by Gasteiger charge is -2.29. The number of fused-ring (bicyclic) bond motifs is 1. The quantitative estimate of drug-likeness (QED) is 0.403. The predicted octanol–water partition coefficient (Wildman–Crippen LogP) is 6.13. The number of nitrogens with zero attached hydrogens (tertiary/aromatic N) is 2. The molecule has 1 atom stereocenters. The van der Waals surface area contributed by atoms with Crippen LogP contribution in [-0.2, 0) is 6.54 Å².